The Kier molecular flexibility index (Phi) is 3.45. The third kappa shape index (κ3) is 3.03. The minimum Gasteiger partial charge on any atom is -0.348 e. The van der Waals surface area contributed by atoms with Crippen molar-refractivity contribution in [3.63, 3.8) is 0 Å². The fourth-order valence-electron chi connectivity index (χ4n) is 0.998. The van der Waals surface area contributed by atoms with Gasteiger partial charge in [-0.05, 0) is 26.2 Å². The molecule has 0 spiro atoms. The summed E-state index contributed by atoms with van der Waals surface area (Å²) in [5, 5.41) is 0. The first-order valence-electron chi connectivity index (χ1n) is 4.02. The third-order valence-corrected chi connectivity index (χ3v) is 1.61. The molecule has 1 aromatic rings. The van der Waals surface area contributed by atoms with E-state index in [2.05, 4.69) is 29.0 Å². The molecule has 0 saturated heterocycles. The van der Waals surface area contributed by atoms with E-state index in [9.17, 15) is 0 Å². The number of hydrogen-bond acceptors (Lipinski definition) is 1. The van der Waals surface area contributed by atoms with E-state index in [4.69, 9.17) is 0 Å². The molecule has 60 valence electrons. The van der Waals surface area contributed by atoms with E-state index in [0.717, 1.165) is 12.8 Å². The average Bonchev–Trinajstić information content (AvgIpc) is 2.50. The van der Waals surface area contributed by atoms with E-state index >= 15 is 0 Å². The standard InChI is InChI=1S/C9H14N2/c1-2-3-4-5-6-9-7-10-8-11-9/h2-3,7-8H,4-6H2,1H3,(H,10,11). The van der Waals surface area contributed by atoms with Gasteiger partial charge in [0.05, 0.1) is 6.33 Å². The van der Waals surface area contributed by atoms with Crippen molar-refractivity contribution in [3.05, 3.63) is 30.4 Å². The predicted octanol–water partition coefficient (Wildman–Crippen LogP) is 2.31. The van der Waals surface area contributed by atoms with Gasteiger partial charge in [-0.3, -0.25) is 0 Å². The summed E-state index contributed by atoms with van der Waals surface area (Å²) in [5.74, 6) is 0. The van der Waals surface area contributed by atoms with Gasteiger partial charge >= 0.3 is 0 Å². The van der Waals surface area contributed by atoms with Gasteiger partial charge in [0, 0.05) is 11.9 Å². The van der Waals surface area contributed by atoms with Crippen molar-refractivity contribution >= 4 is 0 Å². The lowest BCUT2D eigenvalue weighted by Crippen LogP contribution is -1.82. The highest BCUT2D eigenvalue weighted by molar-refractivity contribution is 4.94. The summed E-state index contributed by atoms with van der Waals surface area (Å²) in [6, 6.07) is 0. The van der Waals surface area contributed by atoms with Crippen molar-refractivity contribution in [3.8, 4) is 0 Å². The fraction of sp³-hybridized carbons (Fsp3) is 0.444. The maximum Gasteiger partial charge on any atom is 0.0921 e. The van der Waals surface area contributed by atoms with Crippen molar-refractivity contribution in [1.82, 2.24) is 9.97 Å². The molecule has 0 saturated carbocycles. The van der Waals surface area contributed by atoms with Crippen LogP contribution in [0.2, 0.25) is 0 Å². The number of H-pyrrole nitrogens is 1. The fourth-order valence-corrected chi connectivity index (χ4v) is 0.998. The molecule has 0 fully saturated rings. The Hall–Kier alpha value is -1.05. The summed E-state index contributed by atoms with van der Waals surface area (Å²) in [6.07, 6.45) is 11.4. The zero-order chi connectivity index (χ0) is 7.94. The van der Waals surface area contributed by atoms with E-state index in [1.807, 2.05) is 6.20 Å². The topological polar surface area (TPSA) is 28.7 Å². The smallest absolute Gasteiger partial charge is 0.0921 e. The highest BCUT2D eigenvalue weighted by Crippen LogP contribution is 2.00. The first-order chi connectivity index (χ1) is 5.43. The maximum atomic E-state index is 3.95. The van der Waals surface area contributed by atoms with E-state index in [1.165, 1.54) is 12.1 Å². The summed E-state index contributed by atoms with van der Waals surface area (Å²) < 4.78 is 0. The molecule has 1 N–H and O–H groups in total. The van der Waals surface area contributed by atoms with Gasteiger partial charge in [-0.15, -0.1) is 0 Å². The number of aromatic amines is 1. The summed E-state index contributed by atoms with van der Waals surface area (Å²) in [4.78, 5) is 7.03. The molecule has 0 bridgehead atoms. The Balaban J connectivity index is 2.14. The van der Waals surface area contributed by atoms with Gasteiger partial charge in [-0.1, -0.05) is 12.2 Å². The zero-order valence-corrected chi connectivity index (χ0v) is 6.88. The minimum atomic E-state index is 1.10. The van der Waals surface area contributed by atoms with Gasteiger partial charge in [-0.2, -0.15) is 0 Å². The number of aryl methyl sites for hydroxylation is 1. The molecule has 0 aromatic carbocycles. The molecule has 2 nitrogen and oxygen atoms in total. The zero-order valence-electron chi connectivity index (χ0n) is 6.88. The number of imidazole rings is 1. The predicted molar refractivity (Wildman–Crippen MR) is 46.3 cm³/mol. The molecule has 0 atom stereocenters. The van der Waals surface area contributed by atoms with E-state index < -0.39 is 0 Å². The lowest BCUT2D eigenvalue weighted by molar-refractivity contribution is 0.823. The second kappa shape index (κ2) is 4.72. The summed E-state index contributed by atoms with van der Waals surface area (Å²) in [6.45, 7) is 2.05. The molecule has 1 heterocycles. The molecule has 0 aliphatic rings. The van der Waals surface area contributed by atoms with Crippen molar-refractivity contribution in [2.75, 3.05) is 0 Å². The molecule has 0 aliphatic heterocycles. The lowest BCUT2D eigenvalue weighted by Gasteiger charge is -1.92. The van der Waals surface area contributed by atoms with Gasteiger partial charge < -0.3 is 4.98 Å². The third-order valence-electron chi connectivity index (χ3n) is 1.61. The van der Waals surface area contributed by atoms with Crippen LogP contribution in [0.25, 0.3) is 0 Å². The molecule has 0 unspecified atom stereocenters. The largest absolute Gasteiger partial charge is 0.348 e. The molecular weight excluding hydrogens is 136 g/mol. The monoisotopic (exact) mass is 150 g/mol. The van der Waals surface area contributed by atoms with Crippen LogP contribution in [0.4, 0.5) is 0 Å². The lowest BCUT2D eigenvalue weighted by atomic mass is 10.2. The summed E-state index contributed by atoms with van der Waals surface area (Å²) in [7, 11) is 0. The Bertz CT molecular complexity index is 199. The first kappa shape index (κ1) is 8.05. The van der Waals surface area contributed by atoms with Gasteiger partial charge in [0.15, 0.2) is 0 Å². The Morgan fingerprint density at radius 3 is 3.18 bits per heavy atom. The van der Waals surface area contributed by atoms with E-state index in [0.29, 0.717) is 0 Å². The van der Waals surface area contributed by atoms with Crippen molar-refractivity contribution in [1.29, 1.82) is 0 Å². The van der Waals surface area contributed by atoms with Gasteiger partial charge in [0.2, 0.25) is 0 Å². The number of aromatic nitrogens is 2. The molecule has 1 rings (SSSR count). The highest BCUT2D eigenvalue weighted by atomic mass is 14.9. The van der Waals surface area contributed by atoms with Crippen LogP contribution in [0.1, 0.15) is 25.5 Å². The van der Waals surface area contributed by atoms with Gasteiger partial charge in [-0.25, -0.2) is 4.98 Å². The average molecular weight is 150 g/mol. The number of nitrogens with one attached hydrogen (secondary N) is 1. The summed E-state index contributed by atoms with van der Waals surface area (Å²) in [5.41, 5.74) is 1.23. The Morgan fingerprint density at radius 2 is 2.55 bits per heavy atom. The van der Waals surface area contributed by atoms with Crippen LogP contribution < -0.4 is 0 Å². The van der Waals surface area contributed by atoms with E-state index in [1.54, 1.807) is 6.33 Å². The molecular formula is C9H14N2. The number of nitrogens with zero attached hydrogens (tertiary/aromatic N) is 1. The van der Waals surface area contributed by atoms with Crippen LogP contribution in [0, 0.1) is 0 Å². The van der Waals surface area contributed by atoms with Crippen molar-refractivity contribution in [2.45, 2.75) is 26.2 Å². The quantitative estimate of drug-likeness (QED) is 0.518. The Morgan fingerprint density at radius 1 is 1.64 bits per heavy atom. The second-order valence-corrected chi connectivity index (χ2v) is 2.54. The molecule has 0 radical (unpaired) electrons. The van der Waals surface area contributed by atoms with Crippen LogP contribution in [-0.2, 0) is 6.42 Å². The van der Waals surface area contributed by atoms with Gasteiger partial charge in [0.1, 0.15) is 0 Å². The molecule has 11 heavy (non-hydrogen) atoms. The van der Waals surface area contributed by atoms with Crippen molar-refractivity contribution in [2.24, 2.45) is 0 Å². The van der Waals surface area contributed by atoms with Crippen LogP contribution in [0.3, 0.4) is 0 Å². The number of rotatable bonds is 4. The number of unbranched alkanes of at least 4 members (excludes halogenated alkanes) is 1. The minimum absolute atomic E-state index is 1.10. The normalized spacial score (nSPS) is 11.0. The molecule has 0 amide bonds. The van der Waals surface area contributed by atoms with Crippen LogP contribution in [0.15, 0.2) is 24.7 Å². The molecule has 2 heteroatoms. The maximum absolute atomic E-state index is 3.95. The Labute approximate surface area is 67.4 Å². The first-order valence-corrected chi connectivity index (χ1v) is 4.02. The second-order valence-electron chi connectivity index (χ2n) is 2.54. The van der Waals surface area contributed by atoms with Gasteiger partial charge in [0.25, 0.3) is 0 Å². The van der Waals surface area contributed by atoms with Crippen LogP contribution in [-0.4, -0.2) is 9.97 Å². The number of allylic oxidation sites excluding steroid dienone is 2. The highest BCUT2D eigenvalue weighted by Gasteiger charge is 1.90. The summed E-state index contributed by atoms with van der Waals surface area (Å²) >= 11 is 0. The molecule has 0 aliphatic carbocycles. The van der Waals surface area contributed by atoms with Crippen LogP contribution >= 0.6 is 0 Å². The SMILES string of the molecule is CC=CCCCc1cnc[nH]1. The number of hydrogen-bond donors (Lipinski definition) is 1. The van der Waals surface area contributed by atoms with Crippen LogP contribution in [0.5, 0.6) is 0 Å². The van der Waals surface area contributed by atoms with E-state index in [-0.39, 0.29) is 0 Å². The van der Waals surface area contributed by atoms with Crippen molar-refractivity contribution < 1.29 is 0 Å². The molecule has 1 aromatic heterocycles.